The molecule has 5 nitrogen and oxygen atoms in total. The lowest BCUT2D eigenvalue weighted by Gasteiger charge is -2.25. The molecule has 1 saturated carbocycles. The predicted octanol–water partition coefficient (Wildman–Crippen LogP) is 2.38. The molecule has 0 saturated heterocycles. The van der Waals surface area contributed by atoms with E-state index in [1.807, 2.05) is 41.9 Å². The minimum absolute atomic E-state index is 0.0693. The Bertz CT molecular complexity index is 644. The molecule has 0 spiro atoms. The summed E-state index contributed by atoms with van der Waals surface area (Å²) < 4.78 is 7.27. The molecule has 0 N–H and O–H groups in total. The molecule has 0 aliphatic heterocycles. The van der Waals surface area contributed by atoms with Crippen LogP contribution in [0.4, 0.5) is 0 Å². The first-order chi connectivity index (χ1) is 10.1. The number of ether oxygens (including phenoxy) is 1. The topological polar surface area (TPSA) is 60.7 Å². The van der Waals surface area contributed by atoms with Gasteiger partial charge in [-0.25, -0.2) is 4.98 Å². The number of fused-ring (bicyclic) bond motifs is 1. The molecule has 0 unspecified atom stereocenters. The van der Waals surface area contributed by atoms with E-state index in [9.17, 15) is 9.59 Å². The first-order valence-electron chi connectivity index (χ1n) is 7.24. The lowest BCUT2D eigenvalue weighted by molar-refractivity contribution is -0.153. The Morgan fingerprint density at radius 3 is 3.10 bits per heavy atom. The lowest BCUT2D eigenvalue weighted by atomic mass is 9.80. The third kappa shape index (κ3) is 2.96. The number of hydrogen-bond donors (Lipinski definition) is 0. The zero-order valence-electron chi connectivity index (χ0n) is 12.0. The third-order valence-electron chi connectivity index (χ3n) is 4.05. The molecule has 21 heavy (non-hydrogen) atoms. The van der Waals surface area contributed by atoms with E-state index in [4.69, 9.17) is 4.74 Å². The number of pyridine rings is 1. The minimum atomic E-state index is -0.216. The van der Waals surface area contributed by atoms with Crippen LogP contribution >= 0.6 is 0 Å². The van der Waals surface area contributed by atoms with Crippen LogP contribution in [0.15, 0.2) is 30.6 Å². The second-order valence-corrected chi connectivity index (χ2v) is 5.67. The molecule has 1 aliphatic rings. The van der Waals surface area contributed by atoms with Crippen LogP contribution in [0.25, 0.3) is 5.65 Å². The summed E-state index contributed by atoms with van der Waals surface area (Å²) >= 11 is 0. The fourth-order valence-electron chi connectivity index (χ4n) is 2.86. The van der Waals surface area contributed by atoms with Crippen LogP contribution < -0.4 is 0 Å². The summed E-state index contributed by atoms with van der Waals surface area (Å²) in [6.45, 7) is 2.12. The Morgan fingerprint density at radius 1 is 1.48 bits per heavy atom. The number of ketones is 1. The number of carbonyl (C=O) groups excluding carboxylic acids is 2. The maximum atomic E-state index is 12.1. The Labute approximate surface area is 122 Å². The van der Waals surface area contributed by atoms with Crippen molar-refractivity contribution >= 4 is 17.4 Å². The molecule has 110 valence electrons. The molecule has 0 amide bonds. The molecule has 0 bridgehead atoms. The van der Waals surface area contributed by atoms with Gasteiger partial charge in [-0.05, 0) is 24.5 Å². The lowest BCUT2D eigenvalue weighted by Crippen LogP contribution is -2.30. The van der Waals surface area contributed by atoms with Crippen molar-refractivity contribution in [2.24, 2.45) is 11.8 Å². The van der Waals surface area contributed by atoms with Gasteiger partial charge >= 0.3 is 5.97 Å². The molecule has 5 heteroatoms. The second-order valence-electron chi connectivity index (χ2n) is 5.67. The number of aromatic nitrogens is 2. The van der Waals surface area contributed by atoms with E-state index in [1.54, 1.807) is 0 Å². The average Bonchev–Trinajstić information content (AvgIpc) is 2.87. The van der Waals surface area contributed by atoms with Crippen LogP contribution in [-0.4, -0.2) is 21.1 Å². The highest BCUT2D eigenvalue weighted by Gasteiger charge is 2.32. The maximum absolute atomic E-state index is 12.1. The van der Waals surface area contributed by atoms with E-state index < -0.39 is 0 Å². The number of rotatable bonds is 3. The van der Waals surface area contributed by atoms with Gasteiger partial charge in [0.25, 0.3) is 0 Å². The van der Waals surface area contributed by atoms with E-state index in [1.165, 1.54) is 0 Å². The Kier molecular flexibility index (Phi) is 3.73. The average molecular weight is 286 g/mol. The summed E-state index contributed by atoms with van der Waals surface area (Å²) in [5, 5.41) is 0. The zero-order chi connectivity index (χ0) is 14.8. The van der Waals surface area contributed by atoms with Crippen LogP contribution in [0, 0.1) is 11.8 Å². The van der Waals surface area contributed by atoms with Crippen molar-refractivity contribution in [2.45, 2.75) is 32.8 Å². The number of Topliss-reactive ketones (excluding diaryl/α,β-unsaturated/α-hetero) is 1. The van der Waals surface area contributed by atoms with Crippen molar-refractivity contribution in [1.29, 1.82) is 0 Å². The van der Waals surface area contributed by atoms with Gasteiger partial charge in [0.1, 0.15) is 18.0 Å². The van der Waals surface area contributed by atoms with Crippen LogP contribution in [0.1, 0.15) is 31.9 Å². The number of carbonyl (C=O) groups is 2. The molecule has 0 aromatic carbocycles. The summed E-state index contributed by atoms with van der Waals surface area (Å²) in [6, 6.07) is 5.74. The van der Waals surface area contributed by atoms with Crippen molar-refractivity contribution < 1.29 is 14.3 Å². The smallest absolute Gasteiger partial charge is 0.309 e. The van der Waals surface area contributed by atoms with E-state index in [2.05, 4.69) is 4.98 Å². The highest BCUT2D eigenvalue weighted by atomic mass is 16.5. The van der Waals surface area contributed by atoms with Crippen LogP contribution in [0.3, 0.4) is 0 Å². The first kappa shape index (κ1) is 13.8. The van der Waals surface area contributed by atoms with Gasteiger partial charge in [-0.3, -0.25) is 9.59 Å². The number of nitrogens with zero attached hydrogens (tertiary/aromatic N) is 2. The summed E-state index contributed by atoms with van der Waals surface area (Å²) in [5.74, 6) is -0.0708. The van der Waals surface area contributed by atoms with Gasteiger partial charge in [-0.2, -0.15) is 0 Å². The third-order valence-corrected chi connectivity index (χ3v) is 4.05. The van der Waals surface area contributed by atoms with Gasteiger partial charge in [-0.1, -0.05) is 13.0 Å². The molecular weight excluding hydrogens is 268 g/mol. The molecule has 2 atom stereocenters. The normalized spacial score (nSPS) is 22.4. The summed E-state index contributed by atoms with van der Waals surface area (Å²) in [6.07, 6.45) is 5.33. The van der Waals surface area contributed by atoms with Gasteiger partial charge < -0.3 is 9.14 Å². The van der Waals surface area contributed by atoms with Crippen molar-refractivity contribution in [3.8, 4) is 0 Å². The summed E-state index contributed by atoms with van der Waals surface area (Å²) in [5.41, 5.74) is 1.56. The number of esters is 1. The highest BCUT2D eigenvalue weighted by Crippen LogP contribution is 2.28. The molecule has 0 radical (unpaired) electrons. The van der Waals surface area contributed by atoms with Gasteiger partial charge in [0.05, 0.1) is 11.6 Å². The van der Waals surface area contributed by atoms with E-state index in [-0.39, 0.29) is 30.2 Å². The van der Waals surface area contributed by atoms with Crippen molar-refractivity contribution in [1.82, 2.24) is 9.38 Å². The standard InChI is InChI=1S/C16H18N2O3/c1-11-8-13(19)5-6-14(11)16(20)21-10-12-9-18-7-3-2-4-15(18)17-12/h2-4,7,9,11,14H,5-6,8,10H2,1H3/t11-,14-/m0/s1. The monoisotopic (exact) mass is 286 g/mol. The molecule has 1 aliphatic carbocycles. The molecule has 3 rings (SSSR count). The maximum Gasteiger partial charge on any atom is 0.309 e. The Morgan fingerprint density at radius 2 is 2.33 bits per heavy atom. The number of hydrogen-bond acceptors (Lipinski definition) is 4. The predicted molar refractivity (Wildman–Crippen MR) is 76.5 cm³/mol. The summed E-state index contributed by atoms with van der Waals surface area (Å²) in [7, 11) is 0. The van der Waals surface area contributed by atoms with Crippen LogP contribution in [0.2, 0.25) is 0 Å². The highest BCUT2D eigenvalue weighted by molar-refractivity contribution is 5.83. The molecule has 2 aromatic heterocycles. The number of imidazole rings is 1. The van der Waals surface area contributed by atoms with Gasteiger partial charge in [0.15, 0.2) is 0 Å². The van der Waals surface area contributed by atoms with E-state index >= 15 is 0 Å². The Hall–Kier alpha value is -2.17. The van der Waals surface area contributed by atoms with Crippen molar-refractivity contribution in [3.05, 3.63) is 36.3 Å². The van der Waals surface area contributed by atoms with E-state index in [0.717, 1.165) is 11.3 Å². The van der Waals surface area contributed by atoms with E-state index in [0.29, 0.717) is 19.3 Å². The van der Waals surface area contributed by atoms with Crippen molar-refractivity contribution in [2.75, 3.05) is 0 Å². The molecule has 1 fully saturated rings. The van der Waals surface area contributed by atoms with Gasteiger partial charge in [0, 0.05) is 25.2 Å². The molecule has 2 heterocycles. The van der Waals surface area contributed by atoms with Gasteiger partial charge in [0.2, 0.25) is 0 Å². The molecular formula is C16H18N2O3. The fraction of sp³-hybridized carbons (Fsp3) is 0.438. The fourth-order valence-corrected chi connectivity index (χ4v) is 2.86. The second kappa shape index (κ2) is 5.68. The largest absolute Gasteiger partial charge is 0.459 e. The van der Waals surface area contributed by atoms with Gasteiger partial charge in [-0.15, -0.1) is 0 Å². The minimum Gasteiger partial charge on any atom is -0.459 e. The van der Waals surface area contributed by atoms with Crippen molar-refractivity contribution in [3.63, 3.8) is 0 Å². The quantitative estimate of drug-likeness (QED) is 0.813. The SMILES string of the molecule is C[C@H]1CC(=O)CC[C@@H]1C(=O)OCc1cn2ccccc2n1. The van der Waals surface area contributed by atoms with Crippen LogP contribution in [0.5, 0.6) is 0 Å². The zero-order valence-corrected chi connectivity index (χ0v) is 12.0. The van der Waals surface area contributed by atoms with Crippen LogP contribution in [-0.2, 0) is 20.9 Å². The Balaban J connectivity index is 1.61. The first-order valence-corrected chi connectivity index (χ1v) is 7.24. The molecule has 2 aromatic rings. The summed E-state index contributed by atoms with van der Waals surface area (Å²) in [4.78, 5) is 27.9.